The highest BCUT2D eigenvalue weighted by Crippen LogP contribution is 2.47. The van der Waals surface area contributed by atoms with E-state index in [0.717, 1.165) is 18.1 Å². The van der Waals surface area contributed by atoms with E-state index in [-0.39, 0.29) is 34.3 Å². The van der Waals surface area contributed by atoms with Gasteiger partial charge in [0.15, 0.2) is 5.60 Å². The van der Waals surface area contributed by atoms with Crippen LogP contribution in [0.3, 0.4) is 0 Å². The third kappa shape index (κ3) is 5.03. The van der Waals surface area contributed by atoms with Gasteiger partial charge in [0.1, 0.15) is 0 Å². The van der Waals surface area contributed by atoms with Crippen LogP contribution in [0.15, 0.2) is 97.1 Å². The Labute approximate surface area is 229 Å². The lowest BCUT2D eigenvalue weighted by Gasteiger charge is -2.32. The summed E-state index contributed by atoms with van der Waals surface area (Å²) in [6.45, 7) is 0.731. The van der Waals surface area contributed by atoms with Crippen LogP contribution in [0.1, 0.15) is 39.6 Å². The molecule has 0 fully saturated rings. The second-order valence-corrected chi connectivity index (χ2v) is 10.0. The number of nitrogens with one attached hydrogen (secondary N) is 1. The lowest BCUT2D eigenvalue weighted by molar-refractivity contribution is -0.177. The molecule has 4 aromatic carbocycles. The van der Waals surface area contributed by atoms with Gasteiger partial charge in [-0.2, -0.15) is 0 Å². The Morgan fingerprint density at radius 1 is 0.923 bits per heavy atom. The van der Waals surface area contributed by atoms with Gasteiger partial charge in [-0.3, -0.25) is 9.59 Å². The second-order valence-electron chi connectivity index (χ2n) is 9.59. The molecular weight excluding hydrogens is 522 g/mol. The molecule has 1 atom stereocenters. The van der Waals surface area contributed by atoms with Gasteiger partial charge in [-0.25, -0.2) is 8.78 Å². The Morgan fingerprint density at radius 2 is 1.59 bits per heavy atom. The van der Waals surface area contributed by atoms with E-state index in [4.69, 9.17) is 11.6 Å². The monoisotopic (exact) mass is 546 g/mol. The third-order valence-electron chi connectivity index (χ3n) is 7.03. The summed E-state index contributed by atoms with van der Waals surface area (Å²) >= 11 is 6.05. The number of hydrogen-bond acceptors (Lipinski definition) is 3. The molecule has 0 unspecified atom stereocenters. The van der Waals surface area contributed by atoms with Gasteiger partial charge in [0, 0.05) is 40.4 Å². The van der Waals surface area contributed by atoms with Crippen molar-refractivity contribution in [2.24, 2.45) is 0 Å². The Bertz CT molecular complexity index is 1540. The highest BCUT2D eigenvalue weighted by molar-refractivity contribution is 6.30. The molecule has 39 heavy (non-hydrogen) atoms. The topological polar surface area (TPSA) is 69.6 Å². The lowest BCUT2D eigenvalue weighted by Crippen LogP contribution is -2.42. The quantitative estimate of drug-likeness (QED) is 0.285. The largest absolute Gasteiger partial charge is 0.379 e. The lowest BCUT2D eigenvalue weighted by atomic mass is 9.87. The fraction of sp³-hybridized carbons (Fsp3) is 0.161. The number of fused-ring (bicyclic) bond motifs is 1. The number of halogens is 3. The fourth-order valence-corrected chi connectivity index (χ4v) is 4.93. The van der Waals surface area contributed by atoms with Crippen molar-refractivity contribution in [3.8, 4) is 11.1 Å². The predicted octanol–water partition coefficient (Wildman–Crippen LogP) is 7.15. The van der Waals surface area contributed by atoms with Crippen LogP contribution in [0.2, 0.25) is 5.02 Å². The number of rotatable bonds is 4. The summed E-state index contributed by atoms with van der Waals surface area (Å²) in [5, 5.41) is 13.8. The van der Waals surface area contributed by atoms with Crippen molar-refractivity contribution >= 4 is 34.8 Å². The SMILES string of the molecule is C[C@]1(O)c2cc(Cl)ccc2N(C(=O)c2ccc(NC(=O)c3ccccc3-c3ccccc3)cc2)CCC1(F)F. The van der Waals surface area contributed by atoms with Crippen molar-refractivity contribution in [3.63, 3.8) is 0 Å². The third-order valence-corrected chi connectivity index (χ3v) is 7.26. The minimum atomic E-state index is -3.48. The van der Waals surface area contributed by atoms with Gasteiger partial charge < -0.3 is 15.3 Å². The first-order valence-corrected chi connectivity index (χ1v) is 12.7. The molecule has 1 aliphatic rings. The van der Waals surface area contributed by atoms with E-state index < -0.39 is 23.9 Å². The van der Waals surface area contributed by atoms with Crippen molar-refractivity contribution in [2.45, 2.75) is 24.9 Å². The molecule has 1 aliphatic heterocycles. The zero-order valence-electron chi connectivity index (χ0n) is 21.0. The standard InChI is InChI=1S/C31H25ClF2N2O3/c1-30(39)26-19-22(32)13-16-27(26)36(18-17-31(30,33)34)29(38)21-11-14-23(15-12-21)35-28(37)25-10-6-5-9-24(25)20-7-3-2-4-8-20/h2-16,19,39H,17-18H2,1H3,(H,35,37)/t30-/m0/s1. The molecular formula is C31H25ClF2N2O3. The van der Waals surface area contributed by atoms with E-state index in [2.05, 4.69) is 5.32 Å². The summed E-state index contributed by atoms with van der Waals surface area (Å²) in [5.74, 6) is -4.30. The van der Waals surface area contributed by atoms with Gasteiger partial charge in [0.2, 0.25) is 0 Å². The number of amides is 2. The smallest absolute Gasteiger partial charge is 0.281 e. The molecule has 0 aliphatic carbocycles. The number of alkyl halides is 2. The number of anilines is 2. The van der Waals surface area contributed by atoms with Gasteiger partial charge in [-0.1, -0.05) is 60.1 Å². The molecule has 0 saturated carbocycles. The molecule has 5 rings (SSSR count). The maximum atomic E-state index is 14.9. The molecule has 0 saturated heterocycles. The van der Waals surface area contributed by atoms with Crippen molar-refractivity contribution in [2.75, 3.05) is 16.8 Å². The van der Waals surface area contributed by atoms with Crippen LogP contribution in [0.25, 0.3) is 11.1 Å². The fourth-order valence-electron chi connectivity index (χ4n) is 4.76. The zero-order chi connectivity index (χ0) is 27.8. The van der Waals surface area contributed by atoms with E-state index in [1.165, 1.54) is 35.2 Å². The Morgan fingerprint density at radius 3 is 2.31 bits per heavy atom. The summed E-state index contributed by atoms with van der Waals surface area (Å²) in [7, 11) is 0. The van der Waals surface area contributed by atoms with E-state index in [1.54, 1.807) is 24.3 Å². The van der Waals surface area contributed by atoms with E-state index in [9.17, 15) is 23.5 Å². The highest BCUT2D eigenvalue weighted by atomic mass is 35.5. The molecule has 198 valence electrons. The maximum Gasteiger partial charge on any atom is 0.281 e. The predicted molar refractivity (Wildman–Crippen MR) is 149 cm³/mol. The van der Waals surface area contributed by atoms with Crippen LogP contribution in [-0.4, -0.2) is 29.4 Å². The number of carbonyl (C=O) groups excluding carboxylic acids is 2. The average molecular weight is 547 g/mol. The van der Waals surface area contributed by atoms with Crippen LogP contribution in [0.5, 0.6) is 0 Å². The molecule has 0 aromatic heterocycles. The van der Waals surface area contributed by atoms with Crippen LogP contribution in [-0.2, 0) is 5.60 Å². The zero-order valence-corrected chi connectivity index (χ0v) is 21.8. The van der Waals surface area contributed by atoms with Gasteiger partial charge in [-0.05, 0) is 66.6 Å². The van der Waals surface area contributed by atoms with E-state index in [0.29, 0.717) is 11.3 Å². The van der Waals surface area contributed by atoms with E-state index >= 15 is 0 Å². The Balaban J connectivity index is 1.39. The van der Waals surface area contributed by atoms with Crippen LogP contribution < -0.4 is 10.2 Å². The highest BCUT2D eigenvalue weighted by Gasteiger charge is 2.53. The normalized spacial score (nSPS) is 18.1. The van der Waals surface area contributed by atoms with Crippen LogP contribution in [0, 0.1) is 0 Å². The molecule has 0 bridgehead atoms. The van der Waals surface area contributed by atoms with Crippen LogP contribution in [0.4, 0.5) is 20.2 Å². The maximum absolute atomic E-state index is 14.9. The van der Waals surface area contributed by atoms with E-state index in [1.807, 2.05) is 42.5 Å². The Hall–Kier alpha value is -4.07. The number of nitrogens with zero attached hydrogens (tertiary/aromatic N) is 1. The van der Waals surface area contributed by atoms with Gasteiger partial charge in [0.25, 0.3) is 17.7 Å². The second kappa shape index (κ2) is 10.2. The van der Waals surface area contributed by atoms with Crippen molar-refractivity contribution < 1.29 is 23.5 Å². The average Bonchev–Trinajstić information content (AvgIpc) is 3.01. The first-order chi connectivity index (χ1) is 18.6. The van der Waals surface area contributed by atoms with Crippen molar-refractivity contribution in [3.05, 3.63) is 119 Å². The first kappa shape index (κ1) is 26.5. The summed E-state index contributed by atoms with van der Waals surface area (Å²) in [6.07, 6.45) is -0.729. The van der Waals surface area contributed by atoms with Crippen LogP contribution >= 0.6 is 11.6 Å². The molecule has 8 heteroatoms. The molecule has 1 heterocycles. The van der Waals surface area contributed by atoms with Crippen molar-refractivity contribution in [1.82, 2.24) is 0 Å². The summed E-state index contributed by atoms with van der Waals surface area (Å²) in [6, 6.07) is 27.3. The Kier molecular flexibility index (Phi) is 6.97. The summed E-state index contributed by atoms with van der Waals surface area (Å²) in [5.41, 5.74) is 0.444. The minimum Gasteiger partial charge on any atom is -0.379 e. The molecule has 0 radical (unpaired) electrons. The molecule has 4 aromatic rings. The number of carbonyl (C=O) groups is 2. The summed E-state index contributed by atoms with van der Waals surface area (Å²) < 4.78 is 29.7. The van der Waals surface area contributed by atoms with Gasteiger partial charge in [0.05, 0.1) is 5.69 Å². The first-order valence-electron chi connectivity index (χ1n) is 12.4. The van der Waals surface area contributed by atoms with Gasteiger partial charge >= 0.3 is 0 Å². The molecule has 2 amide bonds. The summed E-state index contributed by atoms with van der Waals surface area (Å²) in [4.78, 5) is 27.8. The number of hydrogen-bond donors (Lipinski definition) is 2. The molecule has 2 N–H and O–H groups in total. The van der Waals surface area contributed by atoms with Crippen molar-refractivity contribution in [1.29, 1.82) is 0 Å². The number of aliphatic hydroxyl groups is 1. The molecule has 5 nitrogen and oxygen atoms in total. The molecule has 0 spiro atoms. The minimum absolute atomic E-state index is 0.119. The number of benzene rings is 4. The van der Waals surface area contributed by atoms with Gasteiger partial charge in [-0.15, -0.1) is 0 Å².